The molecule has 1 fully saturated rings. The number of anilines is 1. The predicted octanol–water partition coefficient (Wildman–Crippen LogP) is 3.49. The minimum atomic E-state index is -0.527. The molecule has 0 spiro atoms. The number of nitrogens with one attached hydrogen (secondary N) is 1. The molecule has 116 valence electrons. The van der Waals surface area contributed by atoms with Gasteiger partial charge >= 0.3 is 6.09 Å². The zero-order chi connectivity index (χ0) is 15.7. The molecule has 0 saturated heterocycles. The van der Waals surface area contributed by atoms with Gasteiger partial charge in [-0.25, -0.2) is 14.5 Å². The van der Waals surface area contributed by atoms with Gasteiger partial charge in [-0.1, -0.05) is 6.07 Å². The van der Waals surface area contributed by atoms with Crippen LogP contribution in [0, 0.1) is 0 Å². The molecule has 1 amide bonds. The van der Waals surface area contributed by atoms with Gasteiger partial charge in [0.05, 0.1) is 17.6 Å². The van der Waals surface area contributed by atoms with Crippen molar-refractivity contribution in [2.24, 2.45) is 0 Å². The Labute approximate surface area is 129 Å². The van der Waals surface area contributed by atoms with E-state index in [1.165, 1.54) is 0 Å². The maximum Gasteiger partial charge on any atom is 0.412 e. The first-order valence-corrected chi connectivity index (χ1v) is 7.43. The van der Waals surface area contributed by atoms with E-state index in [9.17, 15) is 4.79 Å². The van der Waals surface area contributed by atoms with Crippen LogP contribution in [0.5, 0.6) is 0 Å². The quantitative estimate of drug-likeness (QED) is 0.942. The first-order chi connectivity index (χ1) is 10.4. The highest BCUT2D eigenvalue weighted by Crippen LogP contribution is 2.44. The molecule has 6 heteroatoms. The van der Waals surface area contributed by atoms with E-state index in [0.29, 0.717) is 11.6 Å². The van der Waals surface area contributed by atoms with E-state index in [2.05, 4.69) is 15.4 Å². The fraction of sp³-hybridized carbons (Fsp3) is 0.438. The van der Waals surface area contributed by atoms with Crippen LogP contribution >= 0.6 is 0 Å². The van der Waals surface area contributed by atoms with Crippen molar-refractivity contribution >= 4 is 11.8 Å². The van der Waals surface area contributed by atoms with Crippen LogP contribution in [0.4, 0.5) is 10.5 Å². The smallest absolute Gasteiger partial charge is 0.412 e. The summed E-state index contributed by atoms with van der Waals surface area (Å²) in [5.41, 5.74) is 1.16. The molecule has 2 aromatic rings. The Bertz CT molecular complexity index is 669. The molecule has 0 unspecified atom stereocenters. The van der Waals surface area contributed by atoms with Gasteiger partial charge in [0.1, 0.15) is 5.60 Å². The van der Waals surface area contributed by atoms with Gasteiger partial charge in [0.2, 0.25) is 0 Å². The number of hydrogen-bond donors (Lipinski definition) is 1. The molecule has 0 aliphatic heterocycles. The lowest BCUT2D eigenvalue weighted by molar-refractivity contribution is 0.0636. The van der Waals surface area contributed by atoms with Crippen molar-refractivity contribution in [1.82, 2.24) is 14.8 Å². The van der Waals surface area contributed by atoms with Crippen molar-refractivity contribution in [3.05, 3.63) is 36.3 Å². The van der Waals surface area contributed by atoms with Gasteiger partial charge in [-0.05, 0) is 45.7 Å². The molecular formula is C16H20N4O2. The summed E-state index contributed by atoms with van der Waals surface area (Å²) in [5.74, 6) is 1.16. The molecule has 3 rings (SSSR count). The maximum absolute atomic E-state index is 12.0. The molecule has 2 heterocycles. The zero-order valence-corrected chi connectivity index (χ0v) is 13.0. The number of nitrogens with zero attached hydrogens (tertiary/aromatic N) is 3. The zero-order valence-electron chi connectivity index (χ0n) is 13.0. The predicted molar refractivity (Wildman–Crippen MR) is 83.2 cm³/mol. The summed E-state index contributed by atoms with van der Waals surface area (Å²) >= 11 is 0. The van der Waals surface area contributed by atoms with E-state index in [0.717, 1.165) is 24.4 Å². The molecule has 1 N–H and O–H groups in total. The molecule has 0 radical (unpaired) electrons. The average Bonchev–Trinajstić information content (AvgIpc) is 3.19. The Balaban J connectivity index is 1.87. The lowest BCUT2D eigenvalue weighted by Gasteiger charge is -2.19. The van der Waals surface area contributed by atoms with Crippen LogP contribution in [0.3, 0.4) is 0 Å². The topological polar surface area (TPSA) is 69.0 Å². The van der Waals surface area contributed by atoms with E-state index in [-0.39, 0.29) is 0 Å². The highest BCUT2D eigenvalue weighted by atomic mass is 16.6. The van der Waals surface area contributed by atoms with Crippen molar-refractivity contribution in [2.75, 3.05) is 5.32 Å². The van der Waals surface area contributed by atoms with Gasteiger partial charge in [0, 0.05) is 12.1 Å². The molecule has 1 saturated carbocycles. The van der Waals surface area contributed by atoms with Crippen molar-refractivity contribution in [3.8, 4) is 5.82 Å². The van der Waals surface area contributed by atoms with Crippen LogP contribution in [0.2, 0.25) is 0 Å². The lowest BCUT2D eigenvalue weighted by Crippen LogP contribution is -2.27. The number of carbonyl (C=O) groups excluding carboxylic acids is 1. The Morgan fingerprint density at radius 2 is 2.14 bits per heavy atom. The van der Waals surface area contributed by atoms with E-state index in [1.807, 2.05) is 39.0 Å². The number of carbonyl (C=O) groups is 1. The number of aromatic nitrogens is 3. The van der Waals surface area contributed by atoms with Crippen LogP contribution in [0.15, 0.2) is 30.6 Å². The Kier molecular flexibility index (Phi) is 3.60. The molecule has 1 aliphatic carbocycles. The van der Waals surface area contributed by atoms with Crippen LogP contribution in [-0.4, -0.2) is 26.5 Å². The minimum Gasteiger partial charge on any atom is -0.444 e. The fourth-order valence-electron chi connectivity index (χ4n) is 2.28. The minimum absolute atomic E-state index is 0.412. The summed E-state index contributed by atoms with van der Waals surface area (Å²) in [6, 6.07) is 5.68. The highest BCUT2D eigenvalue weighted by Gasteiger charge is 2.32. The van der Waals surface area contributed by atoms with E-state index >= 15 is 0 Å². The summed E-state index contributed by atoms with van der Waals surface area (Å²) < 4.78 is 7.11. The lowest BCUT2D eigenvalue weighted by atomic mass is 10.2. The van der Waals surface area contributed by atoms with Gasteiger partial charge < -0.3 is 4.74 Å². The second kappa shape index (κ2) is 5.44. The first kappa shape index (κ1) is 14.6. The summed E-state index contributed by atoms with van der Waals surface area (Å²) in [5, 5.41) is 7.19. The molecule has 6 nitrogen and oxygen atoms in total. The molecular weight excluding hydrogens is 280 g/mol. The largest absolute Gasteiger partial charge is 0.444 e. The van der Waals surface area contributed by atoms with Crippen molar-refractivity contribution < 1.29 is 9.53 Å². The van der Waals surface area contributed by atoms with Gasteiger partial charge in [0.25, 0.3) is 0 Å². The number of amides is 1. The Morgan fingerprint density at radius 3 is 2.73 bits per heavy atom. The summed E-state index contributed by atoms with van der Waals surface area (Å²) in [6.45, 7) is 5.52. The SMILES string of the molecule is CC(C)(C)OC(=O)Nc1cnn(-c2ccccn2)c1C1CC1. The standard InChI is InChI=1S/C16H20N4O2/c1-16(2,3)22-15(21)19-12-10-18-20(14(12)11-7-8-11)13-6-4-5-9-17-13/h4-6,9-11H,7-8H2,1-3H3,(H,19,21). The second-order valence-corrected chi connectivity index (χ2v) is 6.44. The van der Waals surface area contributed by atoms with Gasteiger partial charge in [-0.3, -0.25) is 5.32 Å². The summed E-state index contributed by atoms with van der Waals surface area (Å²) in [4.78, 5) is 16.3. The van der Waals surface area contributed by atoms with Crippen molar-refractivity contribution in [1.29, 1.82) is 0 Å². The molecule has 22 heavy (non-hydrogen) atoms. The van der Waals surface area contributed by atoms with Crippen LogP contribution in [-0.2, 0) is 4.74 Å². The molecule has 2 aromatic heterocycles. The van der Waals surface area contributed by atoms with Gasteiger partial charge in [-0.15, -0.1) is 0 Å². The third kappa shape index (κ3) is 3.27. The molecule has 0 bridgehead atoms. The number of ether oxygens (including phenoxy) is 1. The highest BCUT2D eigenvalue weighted by molar-refractivity contribution is 5.85. The van der Waals surface area contributed by atoms with Crippen molar-refractivity contribution in [3.63, 3.8) is 0 Å². The van der Waals surface area contributed by atoms with E-state index in [4.69, 9.17) is 4.74 Å². The van der Waals surface area contributed by atoms with Gasteiger partial charge in [0.15, 0.2) is 5.82 Å². The van der Waals surface area contributed by atoms with E-state index < -0.39 is 11.7 Å². The molecule has 1 aliphatic rings. The van der Waals surface area contributed by atoms with Crippen LogP contribution in [0.25, 0.3) is 5.82 Å². The number of rotatable bonds is 3. The van der Waals surface area contributed by atoms with Gasteiger partial charge in [-0.2, -0.15) is 5.10 Å². The average molecular weight is 300 g/mol. The third-order valence-corrected chi connectivity index (χ3v) is 3.27. The maximum atomic E-state index is 12.0. The number of hydrogen-bond acceptors (Lipinski definition) is 4. The summed E-state index contributed by atoms with van der Waals surface area (Å²) in [6.07, 6.45) is 5.12. The molecule has 0 atom stereocenters. The summed E-state index contributed by atoms with van der Waals surface area (Å²) in [7, 11) is 0. The van der Waals surface area contributed by atoms with Crippen molar-refractivity contribution in [2.45, 2.75) is 45.1 Å². The normalized spacial score (nSPS) is 14.7. The Hall–Kier alpha value is -2.37. The first-order valence-electron chi connectivity index (χ1n) is 7.43. The monoisotopic (exact) mass is 300 g/mol. The number of pyridine rings is 1. The fourth-order valence-corrected chi connectivity index (χ4v) is 2.28. The van der Waals surface area contributed by atoms with Crippen LogP contribution in [0.1, 0.15) is 45.2 Å². The third-order valence-electron chi connectivity index (χ3n) is 3.27. The van der Waals surface area contributed by atoms with Crippen LogP contribution < -0.4 is 5.32 Å². The van der Waals surface area contributed by atoms with E-state index in [1.54, 1.807) is 17.1 Å². The molecule has 0 aromatic carbocycles. The second-order valence-electron chi connectivity index (χ2n) is 6.44. The Morgan fingerprint density at radius 1 is 1.36 bits per heavy atom.